The molecule has 22 heavy (non-hydrogen) atoms. The van der Waals surface area contributed by atoms with Gasteiger partial charge in [-0.3, -0.25) is 0 Å². The Morgan fingerprint density at radius 2 is 1.73 bits per heavy atom. The molecule has 0 saturated heterocycles. The Balaban J connectivity index is 2.12. The van der Waals surface area contributed by atoms with Gasteiger partial charge < -0.3 is 10.6 Å². The van der Waals surface area contributed by atoms with E-state index in [4.69, 9.17) is 35.4 Å². The van der Waals surface area contributed by atoms with Gasteiger partial charge in [0.2, 0.25) is 0 Å². The van der Waals surface area contributed by atoms with Crippen molar-refractivity contribution < 1.29 is 0 Å². The van der Waals surface area contributed by atoms with E-state index in [9.17, 15) is 0 Å². The van der Waals surface area contributed by atoms with Crippen LogP contribution in [0, 0.1) is 0 Å². The van der Waals surface area contributed by atoms with Crippen molar-refractivity contribution in [2.45, 2.75) is 26.2 Å². The second-order valence-corrected chi connectivity index (χ2v) is 6.41. The minimum absolute atomic E-state index is 0.465. The van der Waals surface area contributed by atoms with Crippen molar-refractivity contribution in [3.63, 3.8) is 0 Å². The van der Waals surface area contributed by atoms with E-state index >= 15 is 0 Å². The van der Waals surface area contributed by atoms with E-state index in [0.29, 0.717) is 21.1 Å². The Morgan fingerprint density at radius 3 is 2.36 bits per heavy atom. The summed E-state index contributed by atoms with van der Waals surface area (Å²) >= 11 is 17.4. The van der Waals surface area contributed by atoms with Gasteiger partial charge in [0.05, 0.1) is 0 Å². The average molecular weight is 353 g/mol. The molecule has 2 rings (SSSR count). The van der Waals surface area contributed by atoms with Gasteiger partial charge in [0.15, 0.2) is 5.11 Å². The predicted molar refractivity (Wildman–Crippen MR) is 101 cm³/mol. The zero-order valence-electron chi connectivity index (χ0n) is 12.5. The molecule has 0 heterocycles. The van der Waals surface area contributed by atoms with Gasteiger partial charge in [0, 0.05) is 21.4 Å². The highest BCUT2D eigenvalue weighted by Crippen LogP contribution is 2.27. The molecule has 1 unspecified atom stereocenters. The maximum atomic E-state index is 5.99. The molecule has 0 aliphatic rings. The van der Waals surface area contributed by atoms with E-state index in [1.807, 2.05) is 18.2 Å². The SMILES string of the molecule is CCC(C)c1ccccc1NC(=S)Nc1cc(Cl)cc(Cl)c1. The van der Waals surface area contributed by atoms with Gasteiger partial charge in [-0.25, -0.2) is 0 Å². The Labute approximate surface area is 146 Å². The second-order valence-electron chi connectivity index (χ2n) is 5.13. The third-order valence-electron chi connectivity index (χ3n) is 3.47. The van der Waals surface area contributed by atoms with Crippen molar-refractivity contribution in [2.24, 2.45) is 0 Å². The fourth-order valence-electron chi connectivity index (χ4n) is 2.17. The number of thiocarbonyl (C=S) groups is 1. The lowest BCUT2D eigenvalue weighted by molar-refractivity contribution is 0.736. The number of rotatable bonds is 4. The molecule has 2 N–H and O–H groups in total. The van der Waals surface area contributed by atoms with Gasteiger partial charge >= 0.3 is 0 Å². The molecule has 2 aromatic rings. The van der Waals surface area contributed by atoms with Gasteiger partial charge in [0.1, 0.15) is 0 Å². The van der Waals surface area contributed by atoms with Crippen molar-refractivity contribution in [1.29, 1.82) is 0 Å². The van der Waals surface area contributed by atoms with Gasteiger partial charge in [0.25, 0.3) is 0 Å². The number of hydrogen-bond donors (Lipinski definition) is 2. The summed E-state index contributed by atoms with van der Waals surface area (Å²) in [7, 11) is 0. The molecule has 0 aliphatic heterocycles. The van der Waals surface area contributed by atoms with E-state index < -0.39 is 0 Å². The molecule has 5 heteroatoms. The molecule has 1 atom stereocenters. The van der Waals surface area contributed by atoms with Crippen LogP contribution in [0.4, 0.5) is 11.4 Å². The predicted octanol–water partition coefficient (Wildman–Crippen LogP) is 6.32. The summed E-state index contributed by atoms with van der Waals surface area (Å²) in [6.07, 6.45) is 1.07. The molecule has 0 radical (unpaired) electrons. The third kappa shape index (κ3) is 4.60. The largest absolute Gasteiger partial charge is 0.332 e. The summed E-state index contributed by atoms with van der Waals surface area (Å²) in [4.78, 5) is 0. The Morgan fingerprint density at radius 1 is 1.09 bits per heavy atom. The van der Waals surface area contributed by atoms with Gasteiger partial charge in [-0.15, -0.1) is 0 Å². The molecular weight excluding hydrogens is 335 g/mol. The molecular formula is C17H18Cl2N2S. The van der Waals surface area contributed by atoms with Crippen molar-refractivity contribution >= 4 is 51.9 Å². The molecule has 2 aromatic carbocycles. The molecule has 0 aliphatic carbocycles. The van der Waals surface area contributed by atoms with Crippen molar-refractivity contribution in [2.75, 3.05) is 10.6 Å². The van der Waals surface area contributed by atoms with Crippen LogP contribution in [0.1, 0.15) is 31.7 Å². The van der Waals surface area contributed by atoms with E-state index in [-0.39, 0.29) is 0 Å². The molecule has 0 saturated carbocycles. The summed E-state index contributed by atoms with van der Waals surface area (Å²) in [6.45, 7) is 4.37. The van der Waals surface area contributed by atoms with E-state index in [1.54, 1.807) is 18.2 Å². The summed E-state index contributed by atoms with van der Waals surface area (Å²) in [6, 6.07) is 13.4. The molecule has 0 fully saturated rings. The van der Waals surface area contributed by atoms with Crippen molar-refractivity contribution in [3.05, 3.63) is 58.1 Å². The minimum atomic E-state index is 0.465. The maximum Gasteiger partial charge on any atom is 0.175 e. The standard InChI is InChI=1S/C17H18Cl2N2S/c1-3-11(2)15-6-4-5-7-16(15)21-17(22)20-14-9-12(18)8-13(19)10-14/h4-11H,3H2,1-2H3,(H2,20,21,22). The van der Waals surface area contributed by atoms with Crippen LogP contribution in [0.3, 0.4) is 0 Å². The zero-order chi connectivity index (χ0) is 16.1. The number of halogens is 2. The molecule has 0 amide bonds. The maximum absolute atomic E-state index is 5.99. The van der Waals surface area contributed by atoms with E-state index in [2.05, 4.69) is 30.5 Å². The molecule has 2 nitrogen and oxygen atoms in total. The summed E-state index contributed by atoms with van der Waals surface area (Å²) in [5.74, 6) is 0.465. The zero-order valence-corrected chi connectivity index (χ0v) is 14.8. The van der Waals surface area contributed by atoms with Crippen LogP contribution in [-0.2, 0) is 0 Å². The Bertz CT molecular complexity index is 653. The lowest BCUT2D eigenvalue weighted by atomic mass is 9.97. The highest BCUT2D eigenvalue weighted by atomic mass is 35.5. The smallest absolute Gasteiger partial charge is 0.175 e. The summed E-state index contributed by atoms with van der Waals surface area (Å²) in [5.41, 5.74) is 3.02. The first-order valence-electron chi connectivity index (χ1n) is 7.12. The van der Waals surface area contributed by atoms with Crippen LogP contribution in [0.15, 0.2) is 42.5 Å². The monoisotopic (exact) mass is 352 g/mol. The third-order valence-corrected chi connectivity index (χ3v) is 4.11. The van der Waals surface area contributed by atoms with E-state index in [0.717, 1.165) is 17.8 Å². The van der Waals surface area contributed by atoms with Crippen molar-refractivity contribution in [1.82, 2.24) is 0 Å². The number of nitrogens with one attached hydrogen (secondary N) is 2. The number of para-hydroxylation sites is 1. The van der Waals surface area contributed by atoms with Gasteiger partial charge in [-0.2, -0.15) is 0 Å². The quantitative estimate of drug-likeness (QED) is 0.629. The lowest BCUT2D eigenvalue weighted by Crippen LogP contribution is -2.20. The molecule has 116 valence electrons. The number of hydrogen-bond acceptors (Lipinski definition) is 1. The Hall–Kier alpha value is -1.29. The van der Waals surface area contributed by atoms with Crippen LogP contribution in [0.25, 0.3) is 0 Å². The lowest BCUT2D eigenvalue weighted by Gasteiger charge is -2.17. The van der Waals surface area contributed by atoms with Crippen LogP contribution in [0.2, 0.25) is 10.0 Å². The second kappa shape index (κ2) is 7.82. The average Bonchev–Trinajstić information content (AvgIpc) is 2.45. The molecule has 0 bridgehead atoms. The van der Waals surface area contributed by atoms with Gasteiger partial charge in [-0.1, -0.05) is 55.2 Å². The minimum Gasteiger partial charge on any atom is -0.332 e. The highest BCUT2D eigenvalue weighted by molar-refractivity contribution is 7.80. The first kappa shape index (κ1) is 17.1. The van der Waals surface area contributed by atoms with E-state index in [1.165, 1.54) is 5.56 Å². The van der Waals surface area contributed by atoms with Crippen LogP contribution < -0.4 is 10.6 Å². The summed E-state index contributed by atoms with van der Waals surface area (Å²) in [5, 5.41) is 8.00. The number of benzene rings is 2. The summed E-state index contributed by atoms with van der Waals surface area (Å²) < 4.78 is 0. The normalized spacial score (nSPS) is 11.8. The van der Waals surface area contributed by atoms with Crippen LogP contribution >= 0.6 is 35.4 Å². The van der Waals surface area contributed by atoms with Crippen LogP contribution in [0.5, 0.6) is 0 Å². The highest BCUT2D eigenvalue weighted by Gasteiger charge is 2.09. The topological polar surface area (TPSA) is 24.1 Å². The van der Waals surface area contributed by atoms with Gasteiger partial charge in [-0.05, 0) is 54.4 Å². The molecule has 0 spiro atoms. The van der Waals surface area contributed by atoms with Crippen molar-refractivity contribution in [3.8, 4) is 0 Å². The fraction of sp³-hybridized carbons (Fsp3) is 0.235. The number of anilines is 2. The first-order valence-corrected chi connectivity index (χ1v) is 8.29. The Kier molecular flexibility index (Phi) is 6.07. The molecule has 0 aromatic heterocycles. The fourth-order valence-corrected chi connectivity index (χ4v) is 2.92. The van der Waals surface area contributed by atoms with Crippen LogP contribution in [-0.4, -0.2) is 5.11 Å². The first-order chi connectivity index (χ1) is 10.5.